The maximum absolute atomic E-state index is 13.0. The van der Waals surface area contributed by atoms with Gasteiger partial charge in [0.05, 0.1) is 26.3 Å². The molecule has 9 heteroatoms. The van der Waals surface area contributed by atoms with Gasteiger partial charge in [-0.15, -0.1) is 24.0 Å². The Morgan fingerprint density at radius 3 is 2.21 bits per heavy atom. The van der Waals surface area contributed by atoms with Crippen molar-refractivity contribution in [1.82, 2.24) is 0 Å². The zero-order valence-electron chi connectivity index (χ0n) is 16.6. The molecule has 0 fully saturated rings. The summed E-state index contributed by atoms with van der Waals surface area (Å²) < 4.78 is 49.3. The van der Waals surface area contributed by atoms with Crippen LogP contribution in [0.25, 0.3) is 0 Å². The molecule has 0 unspecified atom stereocenters. The van der Waals surface area contributed by atoms with Crippen LogP contribution in [0.15, 0.2) is 47.5 Å². The van der Waals surface area contributed by atoms with Gasteiger partial charge >= 0.3 is 6.18 Å². The third kappa shape index (κ3) is 6.69. The van der Waals surface area contributed by atoms with Crippen LogP contribution >= 0.6 is 24.0 Å². The summed E-state index contributed by atoms with van der Waals surface area (Å²) in [6, 6.07) is 10.4. The number of alkyl halides is 3. The predicted octanol–water partition coefficient (Wildman–Crippen LogP) is 5.05. The summed E-state index contributed by atoms with van der Waals surface area (Å²) in [5, 5.41) is 2.94. The Morgan fingerprint density at radius 2 is 1.62 bits per heavy atom. The Hall–Kier alpha value is -2.17. The Morgan fingerprint density at radius 1 is 1.00 bits per heavy atom. The van der Waals surface area contributed by atoms with Gasteiger partial charge in [0.25, 0.3) is 0 Å². The highest BCUT2D eigenvalue weighted by Gasteiger charge is 2.32. The average molecular weight is 523 g/mol. The molecule has 2 aromatic carbocycles. The number of rotatable bonds is 6. The van der Waals surface area contributed by atoms with E-state index >= 15 is 0 Å². The summed E-state index contributed by atoms with van der Waals surface area (Å²) in [5.74, 6) is 1.26. The molecule has 0 saturated heterocycles. The molecule has 2 aromatic rings. The average Bonchev–Trinajstić information content (AvgIpc) is 2.66. The van der Waals surface area contributed by atoms with E-state index in [-0.39, 0.29) is 36.5 Å². The van der Waals surface area contributed by atoms with E-state index in [9.17, 15) is 13.2 Å². The number of aliphatic imine (C=N–C) groups is 1. The first-order valence-corrected chi connectivity index (χ1v) is 8.53. The van der Waals surface area contributed by atoms with Crippen LogP contribution in [0.3, 0.4) is 0 Å². The summed E-state index contributed by atoms with van der Waals surface area (Å²) >= 11 is 0. The Balaban J connectivity index is 0.00000420. The number of nitrogens with two attached hydrogens (primary N) is 1. The lowest BCUT2D eigenvalue weighted by atomic mass is 9.84. The molecule has 0 aliphatic heterocycles. The molecule has 0 bridgehead atoms. The van der Waals surface area contributed by atoms with Crippen LogP contribution < -0.4 is 20.5 Å². The van der Waals surface area contributed by atoms with Crippen molar-refractivity contribution in [2.75, 3.05) is 26.1 Å². The number of methoxy groups -OCH3 is 2. The second-order valence-corrected chi connectivity index (χ2v) is 6.86. The summed E-state index contributed by atoms with van der Waals surface area (Å²) in [4.78, 5) is 4.29. The molecule has 0 spiro atoms. The number of nitrogens with one attached hydrogen (secondary N) is 1. The van der Waals surface area contributed by atoms with Crippen LogP contribution in [0.4, 0.5) is 18.9 Å². The summed E-state index contributed by atoms with van der Waals surface area (Å²) in [5.41, 5.74) is 5.80. The fourth-order valence-corrected chi connectivity index (χ4v) is 2.59. The molecule has 2 rings (SSSR count). The minimum atomic E-state index is -4.39. The molecular formula is C20H25F3IN3O2. The predicted molar refractivity (Wildman–Crippen MR) is 120 cm³/mol. The van der Waals surface area contributed by atoms with Gasteiger partial charge in [-0.25, -0.2) is 0 Å². The van der Waals surface area contributed by atoms with E-state index in [1.165, 1.54) is 20.3 Å². The number of hydrogen-bond acceptors (Lipinski definition) is 3. The fourth-order valence-electron chi connectivity index (χ4n) is 2.59. The van der Waals surface area contributed by atoms with Crippen molar-refractivity contribution in [2.24, 2.45) is 10.7 Å². The van der Waals surface area contributed by atoms with Crippen molar-refractivity contribution < 1.29 is 22.6 Å². The lowest BCUT2D eigenvalue weighted by Crippen LogP contribution is -2.28. The third-order valence-electron chi connectivity index (χ3n) is 4.27. The first-order valence-electron chi connectivity index (χ1n) is 8.53. The SMILES string of the molecule is COc1ccc(NC(N)=NCC(C)(C)c2cccc(C(F)(F)F)c2)cc1OC.I. The number of ether oxygens (including phenoxy) is 2. The molecule has 0 atom stereocenters. The molecular weight excluding hydrogens is 498 g/mol. The van der Waals surface area contributed by atoms with E-state index in [1.54, 1.807) is 24.3 Å². The lowest BCUT2D eigenvalue weighted by molar-refractivity contribution is -0.137. The van der Waals surface area contributed by atoms with Crippen LogP contribution in [0.5, 0.6) is 11.5 Å². The monoisotopic (exact) mass is 523 g/mol. The molecule has 0 aliphatic carbocycles. The molecule has 5 nitrogen and oxygen atoms in total. The maximum atomic E-state index is 13.0. The van der Waals surface area contributed by atoms with Crippen molar-refractivity contribution in [3.8, 4) is 11.5 Å². The van der Waals surface area contributed by atoms with Gasteiger partial charge < -0.3 is 20.5 Å². The third-order valence-corrected chi connectivity index (χ3v) is 4.27. The van der Waals surface area contributed by atoms with Gasteiger partial charge in [-0.1, -0.05) is 32.0 Å². The number of anilines is 1. The van der Waals surface area contributed by atoms with Crippen LogP contribution in [0.2, 0.25) is 0 Å². The highest BCUT2D eigenvalue weighted by Crippen LogP contribution is 2.33. The van der Waals surface area contributed by atoms with Crippen molar-refractivity contribution in [3.63, 3.8) is 0 Å². The summed E-state index contributed by atoms with van der Waals surface area (Å²) in [6.45, 7) is 3.84. The molecule has 0 heterocycles. The zero-order chi connectivity index (χ0) is 20.9. The van der Waals surface area contributed by atoms with Crippen molar-refractivity contribution in [3.05, 3.63) is 53.6 Å². The lowest BCUT2D eigenvalue weighted by Gasteiger charge is -2.24. The number of halogens is 4. The van der Waals surface area contributed by atoms with E-state index < -0.39 is 17.2 Å². The molecule has 3 N–H and O–H groups in total. The van der Waals surface area contributed by atoms with E-state index in [0.29, 0.717) is 22.7 Å². The second kappa shape index (κ2) is 10.0. The minimum Gasteiger partial charge on any atom is -0.493 e. The topological polar surface area (TPSA) is 68.9 Å². The van der Waals surface area contributed by atoms with E-state index in [4.69, 9.17) is 15.2 Å². The van der Waals surface area contributed by atoms with E-state index in [1.807, 2.05) is 13.8 Å². The maximum Gasteiger partial charge on any atom is 0.416 e. The van der Waals surface area contributed by atoms with Gasteiger partial charge in [0.15, 0.2) is 17.5 Å². The fraction of sp³-hybridized carbons (Fsp3) is 0.350. The molecule has 0 aliphatic rings. The minimum absolute atomic E-state index is 0. The van der Waals surface area contributed by atoms with Gasteiger partial charge in [-0.3, -0.25) is 4.99 Å². The van der Waals surface area contributed by atoms with Gasteiger partial charge in [-0.05, 0) is 23.8 Å². The van der Waals surface area contributed by atoms with Crippen LogP contribution in [-0.2, 0) is 11.6 Å². The van der Waals surface area contributed by atoms with Crippen LogP contribution in [0, 0.1) is 0 Å². The van der Waals surface area contributed by atoms with Gasteiger partial charge in [-0.2, -0.15) is 13.2 Å². The van der Waals surface area contributed by atoms with Gasteiger partial charge in [0.2, 0.25) is 0 Å². The molecule has 0 saturated carbocycles. The normalized spacial score (nSPS) is 12.2. The van der Waals surface area contributed by atoms with E-state index in [0.717, 1.165) is 12.1 Å². The summed E-state index contributed by atoms with van der Waals surface area (Å²) in [7, 11) is 3.06. The quantitative estimate of drug-likeness (QED) is 0.316. The van der Waals surface area contributed by atoms with E-state index in [2.05, 4.69) is 10.3 Å². The number of benzene rings is 2. The first kappa shape index (κ1) is 24.9. The molecule has 160 valence electrons. The number of nitrogens with zero attached hydrogens (tertiary/aromatic N) is 1. The molecule has 0 radical (unpaired) electrons. The van der Waals surface area contributed by atoms with Crippen LogP contribution in [-0.4, -0.2) is 26.7 Å². The van der Waals surface area contributed by atoms with Crippen molar-refractivity contribution >= 4 is 35.6 Å². The largest absolute Gasteiger partial charge is 0.493 e. The first-order chi connectivity index (χ1) is 13.1. The standard InChI is InChI=1S/C20H24F3N3O2.HI/c1-19(2,13-6-5-7-14(10-13)20(21,22)23)12-25-18(24)26-15-8-9-16(27-3)17(11-15)28-4;/h5-11H,12H2,1-4H3,(H3,24,25,26);1H. The number of guanidine groups is 1. The Bertz CT molecular complexity index is 855. The molecule has 0 aromatic heterocycles. The Kier molecular flexibility index (Phi) is 8.61. The highest BCUT2D eigenvalue weighted by atomic mass is 127. The van der Waals surface area contributed by atoms with Crippen LogP contribution in [0.1, 0.15) is 25.0 Å². The van der Waals surface area contributed by atoms with Gasteiger partial charge in [0, 0.05) is 17.2 Å². The number of hydrogen-bond donors (Lipinski definition) is 2. The molecule has 29 heavy (non-hydrogen) atoms. The highest BCUT2D eigenvalue weighted by molar-refractivity contribution is 14.0. The van der Waals surface area contributed by atoms with Gasteiger partial charge in [0.1, 0.15) is 0 Å². The second-order valence-electron chi connectivity index (χ2n) is 6.86. The van der Waals surface area contributed by atoms with Crippen molar-refractivity contribution in [2.45, 2.75) is 25.4 Å². The summed E-state index contributed by atoms with van der Waals surface area (Å²) in [6.07, 6.45) is -4.39. The Labute approximate surface area is 185 Å². The van der Waals surface area contributed by atoms with Crippen molar-refractivity contribution in [1.29, 1.82) is 0 Å². The molecule has 0 amide bonds. The zero-order valence-corrected chi connectivity index (χ0v) is 19.0. The smallest absolute Gasteiger partial charge is 0.416 e.